The lowest BCUT2D eigenvalue weighted by atomic mass is 10.2. The number of quaternary nitrogens is 1. The van der Waals surface area contributed by atoms with Crippen LogP contribution in [0.15, 0.2) is 0 Å². The standard InChI is InChI=1S/C14H32N4O5/c1-8(15-11(4)19)18(7-14(22)23,9(2)16-12(5)20)10(3)17-13(6)21/h8-13,15-17,19-21H,7H2,1-6H3/p+1. The topological polar surface area (TPSA) is 134 Å². The molecule has 0 aromatic rings. The van der Waals surface area contributed by atoms with Gasteiger partial charge in [0.1, 0.15) is 37.2 Å². The highest BCUT2D eigenvalue weighted by molar-refractivity contribution is 5.68. The summed E-state index contributed by atoms with van der Waals surface area (Å²) < 4.78 is -0.0873. The molecule has 0 aliphatic carbocycles. The van der Waals surface area contributed by atoms with Gasteiger partial charge >= 0.3 is 5.97 Å². The first-order valence-electron chi connectivity index (χ1n) is 7.84. The summed E-state index contributed by atoms with van der Waals surface area (Å²) in [6.07, 6.45) is -3.95. The van der Waals surface area contributed by atoms with Gasteiger partial charge in [-0.3, -0.25) is 4.48 Å². The third kappa shape index (κ3) is 6.68. The summed E-state index contributed by atoms with van der Waals surface area (Å²) in [6, 6.07) is 0. The first kappa shape index (κ1) is 22.2. The van der Waals surface area contributed by atoms with E-state index in [1.807, 2.05) is 0 Å². The fourth-order valence-corrected chi connectivity index (χ4v) is 3.11. The van der Waals surface area contributed by atoms with Crippen molar-refractivity contribution in [2.45, 2.75) is 78.7 Å². The fraction of sp³-hybridized carbons (Fsp3) is 0.929. The van der Waals surface area contributed by atoms with E-state index in [0.717, 1.165) is 0 Å². The molecule has 0 aromatic carbocycles. The molecule has 0 saturated carbocycles. The van der Waals surface area contributed by atoms with Gasteiger partial charge < -0.3 is 20.4 Å². The summed E-state index contributed by atoms with van der Waals surface area (Å²) >= 11 is 0. The zero-order chi connectivity index (χ0) is 18.4. The van der Waals surface area contributed by atoms with Crippen LogP contribution in [-0.2, 0) is 4.79 Å². The number of rotatable bonds is 11. The average molecular weight is 337 g/mol. The first-order chi connectivity index (χ1) is 10.4. The number of carboxylic acid groups (broad SMARTS) is 1. The van der Waals surface area contributed by atoms with Gasteiger partial charge in [0.05, 0.1) is 0 Å². The van der Waals surface area contributed by atoms with Gasteiger partial charge in [-0.2, -0.15) is 0 Å². The number of aliphatic carboxylic acids is 1. The summed E-state index contributed by atoms with van der Waals surface area (Å²) in [5.41, 5.74) is 0. The van der Waals surface area contributed by atoms with Gasteiger partial charge in [0, 0.05) is 20.8 Å². The minimum atomic E-state index is -1.03. The van der Waals surface area contributed by atoms with E-state index in [9.17, 15) is 25.2 Å². The smallest absolute Gasteiger partial charge is 0.359 e. The number of nitrogens with one attached hydrogen (secondary N) is 3. The largest absolute Gasteiger partial charge is 0.477 e. The molecule has 23 heavy (non-hydrogen) atoms. The normalized spacial score (nSPS) is 22.5. The van der Waals surface area contributed by atoms with Crippen LogP contribution >= 0.6 is 0 Å². The van der Waals surface area contributed by atoms with Crippen molar-refractivity contribution in [1.82, 2.24) is 16.0 Å². The number of nitrogens with zero attached hydrogens (tertiary/aromatic N) is 1. The van der Waals surface area contributed by atoms with E-state index in [2.05, 4.69) is 16.0 Å². The van der Waals surface area contributed by atoms with Crippen molar-refractivity contribution < 1.29 is 29.7 Å². The lowest BCUT2D eigenvalue weighted by molar-refractivity contribution is -0.993. The van der Waals surface area contributed by atoms with Gasteiger partial charge in [-0.25, -0.2) is 20.7 Å². The Morgan fingerprint density at radius 1 is 0.783 bits per heavy atom. The van der Waals surface area contributed by atoms with Crippen molar-refractivity contribution in [2.24, 2.45) is 0 Å². The number of hydrogen-bond acceptors (Lipinski definition) is 7. The maximum absolute atomic E-state index is 11.5. The lowest BCUT2D eigenvalue weighted by Gasteiger charge is -2.51. The molecule has 9 heteroatoms. The molecule has 0 aromatic heterocycles. The van der Waals surface area contributed by atoms with Crippen LogP contribution in [0.5, 0.6) is 0 Å². The van der Waals surface area contributed by atoms with Crippen molar-refractivity contribution in [3.63, 3.8) is 0 Å². The molecule has 9 nitrogen and oxygen atoms in total. The highest BCUT2D eigenvalue weighted by Crippen LogP contribution is 2.22. The number of aliphatic hydroxyl groups is 3. The second-order valence-corrected chi connectivity index (χ2v) is 6.10. The molecule has 0 spiro atoms. The van der Waals surface area contributed by atoms with Gasteiger partial charge in [-0.15, -0.1) is 0 Å². The molecule has 0 amide bonds. The maximum atomic E-state index is 11.5. The van der Waals surface area contributed by atoms with E-state index in [1.165, 1.54) is 0 Å². The Kier molecular flexibility index (Phi) is 9.14. The van der Waals surface area contributed by atoms with E-state index in [1.54, 1.807) is 41.5 Å². The Labute approximate surface area is 137 Å². The Morgan fingerprint density at radius 3 is 1.22 bits per heavy atom. The van der Waals surface area contributed by atoms with Gasteiger partial charge in [0.25, 0.3) is 0 Å². The predicted molar refractivity (Wildman–Crippen MR) is 85.6 cm³/mol. The molecular weight excluding hydrogens is 304 g/mol. The van der Waals surface area contributed by atoms with Crippen LogP contribution in [0.25, 0.3) is 0 Å². The minimum Gasteiger partial charge on any atom is -0.477 e. The van der Waals surface area contributed by atoms with E-state index < -0.39 is 43.2 Å². The van der Waals surface area contributed by atoms with Crippen molar-refractivity contribution >= 4 is 5.97 Å². The molecule has 0 rings (SSSR count). The van der Waals surface area contributed by atoms with Crippen LogP contribution in [0.1, 0.15) is 41.5 Å². The van der Waals surface area contributed by atoms with Gasteiger partial charge in [0.15, 0.2) is 6.54 Å². The Morgan fingerprint density at radius 2 is 1.04 bits per heavy atom. The molecule has 6 unspecified atom stereocenters. The lowest BCUT2D eigenvalue weighted by Crippen LogP contribution is -2.76. The number of carboxylic acids is 1. The van der Waals surface area contributed by atoms with Crippen molar-refractivity contribution in [3.05, 3.63) is 0 Å². The zero-order valence-electron chi connectivity index (χ0n) is 14.8. The number of carbonyl (C=O) groups is 1. The highest BCUT2D eigenvalue weighted by Gasteiger charge is 2.47. The monoisotopic (exact) mass is 337 g/mol. The molecule has 0 aliphatic heterocycles. The van der Waals surface area contributed by atoms with Crippen molar-refractivity contribution in [3.8, 4) is 0 Å². The quantitative estimate of drug-likeness (QED) is 0.183. The van der Waals surface area contributed by atoms with Crippen LogP contribution in [0.3, 0.4) is 0 Å². The molecular formula is C14H33N4O5+. The highest BCUT2D eigenvalue weighted by atomic mass is 16.4. The van der Waals surface area contributed by atoms with Crippen molar-refractivity contribution in [1.29, 1.82) is 0 Å². The first-order valence-corrected chi connectivity index (χ1v) is 7.84. The zero-order valence-corrected chi connectivity index (χ0v) is 14.8. The maximum Gasteiger partial charge on any atom is 0.359 e. The Bertz CT molecular complexity index is 324. The van der Waals surface area contributed by atoms with Gasteiger partial charge in [-0.1, -0.05) is 0 Å². The van der Waals surface area contributed by atoms with Gasteiger partial charge in [-0.05, 0) is 20.8 Å². The number of aliphatic hydroxyl groups excluding tert-OH is 3. The van der Waals surface area contributed by atoms with Crippen LogP contribution in [0, 0.1) is 0 Å². The Hall–Kier alpha value is -0.810. The fourth-order valence-electron chi connectivity index (χ4n) is 3.11. The van der Waals surface area contributed by atoms with Gasteiger partial charge in [0.2, 0.25) is 0 Å². The summed E-state index contributed by atoms with van der Waals surface area (Å²) in [5, 5.41) is 47.1. The van der Waals surface area contributed by atoms with Crippen LogP contribution in [0.2, 0.25) is 0 Å². The molecule has 0 radical (unpaired) electrons. The SMILES string of the molecule is CC(O)NC(C)[N+](CC(=O)O)(C(C)NC(C)O)C(C)NC(C)O. The van der Waals surface area contributed by atoms with Crippen LogP contribution in [-0.4, -0.2) is 74.6 Å². The molecule has 0 bridgehead atoms. The van der Waals surface area contributed by atoms with Crippen LogP contribution in [0.4, 0.5) is 0 Å². The molecule has 0 aliphatic rings. The molecule has 0 saturated heterocycles. The summed E-state index contributed by atoms with van der Waals surface area (Å²) in [5.74, 6) is -1.03. The van der Waals surface area contributed by atoms with Crippen molar-refractivity contribution in [2.75, 3.05) is 6.54 Å². The molecule has 0 heterocycles. The van der Waals surface area contributed by atoms with Crippen LogP contribution < -0.4 is 16.0 Å². The second-order valence-electron chi connectivity index (χ2n) is 6.10. The summed E-state index contributed by atoms with van der Waals surface area (Å²) in [7, 11) is 0. The van der Waals surface area contributed by atoms with E-state index >= 15 is 0 Å². The molecule has 0 fully saturated rings. The average Bonchev–Trinajstić information content (AvgIpc) is 2.32. The summed E-state index contributed by atoms with van der Waals surface area (Å²) in [4.78, 5) is 11.5. The minimum absolute atomic E-state index is 0.0873. The molecule has 7 N–H and O–H groups in total. The summed E-state index contributed by atoms with van der Waals surface area (Å²) in [6.45, 7) is 9.65. The number of hydrogen-bond donors (Lipinski definition) is 7. The van der Waals surface area contributed by atoms with E-state index in [0.29, 0.717) is 0 Å². The molecule has 138 valence electrons. The van der Waals surface area contributed by atoms with E-state index in [4.69, 9.17) is 0 Å². The second kappa shape index (κ2) is 9.48. The predicted octanol–water partition coefficient (Wildman–Crippen LogP) is -1.29. The molecule has 6 atom stereocenters. The van der Waals surface area contributed by atoms with E-state index in [-0.39, 0.29) is 11.0 Å². The third-order valence-electron chi connectivity index (χ3n) is 4.02. The third-order valence-corrected chi connectivity index (χ3v) is 4.02. The Balaban J connectivity index is 5.82.